The minimum Gasteiger partial charge on any atom is -0.351 e. The van der Waals surface area contributed by atoms with Crippen LogP contribution in [0.1, 0.15) is 114 Å². The third kappa shape index (κ3) is 16.4. The van der Waals surface area contributed by atoms with E-state index in [9.17, 15) is 38.4 Å². The van der Waals surface area contributed by atoms with Crippen molar-refractivity contribution in [1.82, 2.24) is 47.8 Å². The number of nitrogens with zero attached hydrogens (tertiary/aromatic N) is 8. The highest BCUT2D eigenvalue weighted by molar-refractivity contribution is 6.09. The molecular weight excluding hydrogens is 1000 g/mol. The monoisotopic (exact) mass is 1070 g/mol. The lowest BCUT2D eigenvalue weighted by molar-refractivity contribution is -0.106. The first kappa shape index (κ1) is 58.6. The Balaban J connectivity index is 1.08. The molecule has 0 radical (unpaired) electrons. The molecule has 0 fully saturated rings. The Morgan fingerprint density at radius 2 is 0.667 bits per heavy atom. The van der Waals surface area contributed by atoms with E-state index in [1.807, 2.05) is 38.0 Å². The van der Waals surface area contributed by atoms with E-state index in [-0.39, 0.29) is 11.8 Å². The number of aromatic nitrogens is 6. The molecule has 78 heavy (non-hydrogen) atoms. The molecule has 24 nitrogen and oxygen atoms in total. The number of rotatable bonds is 31. The second-order valence-electron chi connectivity index (χ2n) is 19.8. The standard InChI is InChI=1S/C54H74N16O8/c1-63(2)19-15-17-55-49(73)43-25-39(31-67(43)7)59-53(77)47-27-41(61-51(75)45-23-37(57-35-71)29-65(45)5)33-69(47)21-13-11-9-10-12-14-22-70-34-42(62-52(76)46-24-38(58-36-72)30-66(46)6)28-48(70)54(78)60-40-26-44(68(8)32-40)50(74)56-18-16-20-64(3)4/h23-36H,9-22H2,1-8H3,(H,55,73)(H,56,74)(H,57,71)(H,58,72)(H,59,77)(H,60,78)(H,61,75)(H,62,76). The van der Waals surface area contributed by atoms with E-state index in [1.54, 1.807) is 129 Å². The zero-order valence-corrected chi connectivity index (χ0v) is 45.8. The number of aryl methyl sites for hydroxylation is 6. The number of unbranched alkanes of at least 4 members (excludes halogenated alkanes) is 5. The van der Waals surface area contributed by atoms with E-state index in [1.165, 1.54) is 0 Å². The van der Waals surface area contributed by atoms with Crippen molar-refractivity contribution in [3.63, 3.8) is 0 Å². The van der Waals surface area contributed by atoms with Gasteiger partial charge in [0.1, 0.15) is 34.2 Å². The first-order valence-electron chi connectivity index (χ1n) is 25.9. The Labute approximate surface area is 453 Å². The summed E-state index contributed by atoms with van der Waals surface area (Å²) < 4.78 is 10.1. The normalized spacial score (nSPS) is 11.2. The molecule has 0 aliphatic rings. The van der Waals surface area contributed by atoms with Gasteiger partial charge in [-0.15, -0.1) is 0 Å². The smallest absolute Gasteiger partial charge is 0.272 e. The molecule has 0 aliphatic carbocycles. The van der Waals surface area contributed by atoms with Gasteiger partial charge >= 0.3 is 0 Å². The molecular formula is C54H74N16O8. The van der Waals surface area contributed by atoms with Crippen molar-refractivity contribution in [2.24, 2.45) is 28.2 Å². The summed E-state index contributed by atoms with van der Waals surface area (Å²) in [6, 6.07) is 9.53. The molecule has 6 aromatic rings. The van der Waals surface area contributed by atoms with Crippen molar-refractivity contribution < 1.29 is 38.4 Å². The Hall–Kier alpha value is -8.64. The van der Waals surface area contributed by atoms with Gasteiger partial charge in [0.15, 0.2) is 0 Å². The van der Waals surface area contributed by atoms with Gasteiger partial charge in [-0.25, -0.2) is 0 Å². The lowest BCUT2D eigenvalue weighted by Gasteiger charge is -2.10. The number of hydrogen-bond donors (Lipinski definition) is 8. The fraction of sp³-hybridized carbons (Fsp3) is 0.407. The molecule has 0 saturated carbocycles. The van der Waals surface area contributed by atoms with E-state index in [2.05, 4.69) is 42.5 Å². The molecule has 0 unspecified atom stereocenters. The van der Waals surface area contributed by atoms with Crippen LogP contribution < -0.4 is 42.5 Å². The maximum atomic E-state index is 13.9. The highest BCUT2D eigenvalue weighted by atomic mass is 16.2. The van der Waals surface area contributed by atoms with Gasteiger partial charge in [-0.2, -0.15) is 0 Å². The first-order chi connectivity index (χ1) is 37.3. The van der Waals surface area contributed by atoms with Crippen molar-refractivity contribution in [1.29, 1.82) is 0 Å². The van der Waals surface area contributed by atoms with E-state index in [4.69, 9.17) is 0 Å². The molecule has 0 atom stereocenters. The number of nitrogens with one attached hydrogen (secondary N) is 8. The lowest BCUT2D eigenvalue weighted by atomic mass is 10.1. The minimum absolute atomic E-state index is 0.257. The van der Waals surface area contributed by atoms with Crippen LogP contribution in [0.5, 0.6) is 0 Å². The largest absolute Gasteiger partial charge is 0.351 e. The number of hydrogen-bond acceptors (Lipinski definition) is 10. The first-order valence-corrected chi connectivity index (χ1v) is 25.9. The summed E-state index contributed by atoms with van der Waals surface area (Å²) in [5.74, 6) is -2.25. The van der Waals surface area contributed by atoms with Gasteiger partial charge in [-0.1, -0.05) is 25.7 Å². The van der Waals surface area contributed by atoms with Crippen molar-refractivity contribution in [3.8, 4) is 0 Å². The van der Waals surface area contributed by atoms with Gasteiger partial charge in [0, 0.05) is 91.6 Å². The van der Waals surface area contributed by atoms with Crippen molar-refractivity contribution in [2.45, 2.75) is 64.5 Å². The second kappa shape index (κ2) is 27.9. The summed E-state index contributed by atoms with van der Waals surface area (Å²) in [4.78, 5) is 107. The zero-order valence-electron chi connectivity index (χ0n) is 45.8. The molecule has 0 saturated heterocycles. The average molecular weight is 1080 g/mol. The van der Waals surface area contributed by atoms with Crippen LogP contribution in [0.15, 0.2) is 73.6 Å². The highest BCUT2D eigenvalue weighted by Crippen LogP contribution is 2.24. The predicted molar refractivity (Wildman–Crippen MR) is 300 cm³/mol. The second-order valence-corrected chi connectivity index (χ2v) is 19.8. The Morgan fingerprint density at radius 3 is 1.01 bits per heavy atom. The highest BCUT2D eigenvalue weighted by Gasteiger charge is 2.22. The summed E-state index contributed by atoms with van der Waals surface area (Å²) in [6.45, 7) is 3.58. The molecule has 24 heteroatoms. The predicted octanol–water partition coefficient (Wildman–Crippen LogP) is 5.19. The number of carbonyl (C=O) groups is 8. The van der Waals surface area contributed by atoms with Crippen LogP contribution in [-0.4, -0.2) is 140 Å². The summed E-state index contributed by atoms with van der Waals surface area (Å²) in [5.41, 5.74) is 4.51. The third-order valence-electron chi connectivity index (χ3n) is 12.9. The van der Waals surface area contributed by atoms with Crippen LogP contribution in [-0.2, 0) is 50.9 Å². The Kier molecular flexibility index (Phi) is 21.0. The van der Waals surface area contributed by atoms with Crippen LogP contribution in [0.2, 0.25) is 0 Å². The van der Waals surface area contributed by atoms with Gasteiger partial charge in [0.2, 0.25) is 12.8 Å². The number of anilines is 6. The maximum absolute atomic E-state index is 13.9. The molecule has 0 aliphatic heterocycles. The van der Waals surface area contributed by atoms with E-state index < -0.39 is 23.6 Å². The molecule has 8 amide bonds. The van der Waals surface area contributed by atoms with Crippen LogP contribution in [0.25, 0.3) is 0 Å². The lowest BCUT2D eigenvalue weighted by Crippen LogP contribution is -2.28. The number of amides is 8. The summed E-state index contributed by atoms with van der Waals surface area (Å²) in [6.07, 6.45) is 17.4. The van der Waals surface area contributed by atoms with Gasteiger partial charge in [0.05, 0.1) is 34.1 Å². The molecule has 0 aromatic carbocycles. The van der Waals surface area contributed by atoms with Gasteiger partial charge in [0.25, 0.3) is 35.4 Å². The number of carbonyl (C=O) groups excluding carboxylic acids is 8. The quantitative estimate of drug-likeness (QED) is 0.0209. The maximum Gasteiger partial charge on any atom is 0.272 e. The van der Waals surface area contributed by atoms with Crippen molar-refractivity contribution in [3.05, 3.63) is 108 Å². The van der Waals surface area contributed by atoms with Crippen LogP contribution >= 0.6 is 0 Å². The minimum atomic E-state index is -0.438. The SMILES string of the molecule is CN(C)CCCNC(=O)c1cc(NC(=O)c2cc(NC(=O)c3cc(NC=O)cn3C)cn2CCCCCCCCn2cc(NC(=O)c3cc(NC=O)cn3C)cc2C(=O)Nc2cc(C(=O)NCCCN(C)C)n(C)c2)cn1C. The molecule has 6 heterocycles. The van der Waals surface area contributed by atoms with Gasteiger partial charge in [-0.05, 0) is 103 Å². The van der Waals surface area contributed by atoms with E-state index in [0.717, 1.165) is 51.6 Å². The fourth-order valence-corrected chi connectivity index (χ4v) is 8.93. The van der Waals surface area contributed by atoms with Gasteiger partial charge in [-0.3, -0.25) is 38.4 Å². The average Bonchev–Trinajstić information content (AvgIpc) is 4.27. The summed E-state index contributed by atoms with van der Waals surface area (Å²) in [5, 5.41) is 22.6. The molecule has 0 bridgehead atoms. The van der Waals surface area contributed by atoms with Crippen molar-refractivity contribution in [2.75, 3.05) is 86.3 Å². The molecule has 8 N–H and O–H groups in total. The topological polar surface area (TPSA) is 269 Å². The molecule has 0 spiro atoms. The third-order valence-corrected chi connectivity index (χ3v) is 12.9. The summed E-state index contributed by atoms with van der Waals surface area (Å²) in [7, 11) is 14.7. The Bertz CT molecular complexity index is 2870. The van der Waals surface area contributed by atoms with E-state index >= 15 is 0 Å². The van der Waals surface area contributed by atoms with Crippen LogP contribution in [0.4, 0.5) is 34.1 Å². The van der Waals surface area contributed by atoms with Crippen LogP contribution in [0, 0.1) is 0 Å². The Morgan fingerprint density at radius 1 is 0.385 bits per heavy atom. The zero-order chi connectivity index (χ0) is 56.5. The molecule has 6 aromatic heterocycles. The van der Waals surface area contributed by atoms with E-state index in [0.29, 0.717) is 120 Å². The molecule has 418 valence electrons. The van der Waals surface area contributed by atoms with Crippen molar-refractivity contribution >= 4 is 82.4 Å². The van der Waals surface area contributed by atoms with Crippen LogP contribution in [0.3, 0.4) is 0 Å². The fourth-order valence-electron chi connectivity index (χ4n) is 8.93. The van der Waals surface area contributed by atoms with Gasteiger partial charge < -0.3 is 79.7 Å². The molecule has 6 rings (SSSR count). The summed E-state index contributed by atoms with van der Waals surface area (Å²) >= 11 is 0.